The molecule has 9 heteroatoms. The minimum absolute atomic E-state index is 0.135. The highest BCUT2D eigenvalue weighted by atomic mass is 16.6. The molecule has 0 spiro atoms. The van der Waals surface area contributed by atoms with Gasteiger partial charge in [0.2, 0.25) is 5.91 Å². The van der Waals surface area contributed by atoms with Crippen molar-refractivity contribution in [2.75, 3.05) is 17.7 Å². The van der Waals surface area contributed by atoms with Gasteiger partial charge in [-0.25, -0.2) is 9.80 Å². The van der Waals surface area contributed by atoms with Gasteiger partial charge in [-0.3, -0.25) is 14.9 Å². The molecule has 0 aliphatic carbocycles. The first kappa shape index (κ1) is 23.8. The summed E-state index contributed by atoms with van der Waals surface area (Å²) in [7, 11) is 1.48. The molecule has 0 unspecified atom stereocenters. The second kappa shape index (κ2) is 10.2. The number of carbonyl (C=O) groups is 3. The maximum Gasteiger partial charge on any atom is 0.412 e. The molecule has 2 aromatic carbocycles. The van der Waals surface area contributed by atoms with Crippen molar-refractivity contribution in [3.63, 3.8) is 0 Å². The average Bonchev–Trinajstić information content (AvgIpc) is 2.75. The fourth-order valence-electron chi connectivity index (χ4n) is 3.14. The lowest BCUT2D eigenvalue weighted by atomic mass is 10.1. The Morgan fingerprint density at radius 2 is 1.79 bits per heavy atom. The molecule has 1 heterocycles. The minimum Gasteiger partial charge on any atom is -0.495 e. The van der Waals surface area contributed by atoms with Gasteiger partial charge in [0, 0.05) is 18.5 Å². The number of benzene rings is 2. The lowest BCUT2D eigenvalue weighted by molar-refractivity contribution is -0.132. The lowest BCUT2D eigenvalue weighted by Gasteiger charge is -2.23. The van der Waals surface area contributed by atoms with Crippen LogP contribution in [0.2, 0.25) is 0 Å². The number of hydrogen-bond donors (Lipinski definition) is 2. The van der Waals surface area contributed by atoms with Crippen molar-refractivity contribution in [3.8, 4) is 5.75 Å². The molecule has 33 heavy (non-hydrogen) atoms. The van der Waals surface area contributed by atoms with Gasteiger partial charge in [-0.2, -0.15) is 5.10 Å². The number of rotatable bonds is 6. The molecular weight excluding hydrogens is 424 g/mol. The Labute approximate surface area is 192 Å². The molecule has 0 bridgehead atoms. The monoisotopic (exact) mass is 452 g/mol. The molecule has 1 aliphatic rings. The molecule has 2 N–H and O–H groups in total. The van der Waals surface area contributed by atoms with Crippen molar-refractivity contribution >= 4 is 35.0 Å². The smallest absolute Gasteiger partial charge is 0.412 e. The van der Waals surface area contributed by atoms with E-state index in [1.807, 2.05) is 30.3 Å². The molecule has 174 valence electrons. The van der Waals surface area contributed by atoms with Gasteiger partial charge in [0.1, 0.15) is 17.1 Å². The zero-order valence-corrected chi connectivity index (χ0v) is 19.2. The van der Waals surface area contributed by atoms with Crippen LogP contribution in [0.5, 0.6) is 5.75 Å². The number of anilines is 2. The average molecular weight is 453 g/mol. The quantitative estimate of drug-likeness (QED) is 0.684. The summed E-state index contributed by atoms with van der Waals surface area (Å²) in [5, 5.41) is 11.0. The van der Waals surface area contributed by atoms with Gasteiger partial charge in [-0.05, 0) is 44.5 Å². The molecule has 0 fully saturated rings. The van der Waals surface area contributed by atoms with E-state index in [9.17, 15) is 14.4 Å². The molecule has 0 atom stereocenters. The summed E-state index contributed by atoms with van der Waals surface area (Å²) in [6, 6.07) is 14.3. The van der Waals surface area contributed by atoms with Gasteiger partial charge >= 0.3 is 6.09 Å². The highest BCUT2D eigenvalue weighted by Gasteiger charge is 2.25. The van der Waals surface area contributed by atoms with Gasteiger partial charge in [-0.15, -0.1) is 0 Å². The van der Waals surface area contributed by atoms with Gasteiger partial charge in [0.05, 0.1) is 19.3 Å². The Morgan fingerprint density at radius 3 is 2.45 bits per heavy atom. The highest BCUT2D eigenvalue weighted by Crippen LogP contribution is 2.28. The maximum atomic E-state index is 12.8. The van der Waals surface area contributed by atoms with E-state index in [1.165, 1.54) is 12.1 Å². The number of ether oxygens (including phenoxy) is 2. The largest absolute Gasteiger partial charge is 0.495 e. The van der Waals surface area contributed by atoms with Crippen molar-refractivity contribution in [2.24, 2.45) is 5.10 Å². The second-order valence-electron chi connectivity index (χ2n) is 8.48. The third-order valence-corrected chi connectivity index (χ3v) is 4.64. The van der Waals surface area contributed by atoms with E-state index in [1.54, 1.807) is 39.0 Å². The van der Waals surface area contributed by atoms with Gasteiger partial charge in [0.15, 0.2) is 0 Å². The Bertz CT molecular complexity index is 1060. The molecule has 2 aromatic rings. The van der Waals surface area contributed by atoms with Crippen LogP contribution in [0.3, 0.4) is 0 Å². The van der Waals surface area contributed by atoms with Crippen molar-refractivity contribution in [1.82, 2.24) is 5.01 Å². The zero-order valence-electron chi connectivity index (χ0n) is 19.2. The van der Waals surface area contributed by atoms with Crippen molar-refractivity contribution in [1.29, 1.82) is 0 Å². The number of carbonyl (C=O) groups excluding carboxylic acids is 3. The zero-order chi connectivity index (χ0) is 24.0. The summed E-state index contributed by atoms with van der Waals surface area (Å²) in [6.07, 6.45) is -0.196. The SMILES string of the molecule is COc1ccc(NC(=O)C2=NN(Cc3ccccc3)C(=O)CC2)cc1NC(=O)OC(C)(C)C. The molecule has 1 aliphatic heterocycles. The molecule has 9 nitrogen and oxygen atoms in total. The standard InChI is InChI=1S/C24H28N4O5/c1-24(2,3)33-23(31)26-19-14-17(10-12-20(19)32-4)25-22(30)18-11-13-21(29)28(27-18)15-16-8-6-5-7-9-16/h5-10,12,14H,11,13,15H2,1-4H3,(H,25,30)(H,26,31). The van der Waals surface area contributed by atoms with E-state index in [0.717, 1.165) is 5.56 Å². The molecule has 3 amide bonds. The highest BCUT2D eigenvalue weighted by molar-refractivity contribution is 6.43. The van der Waals surface area contributed by atoms with E-state index in [-0.39, 0.29) is 24.5 Å². The van der Waals surface area contributed by atoms with E-state index < -0.39 is 17.6 Å². The second-order valence-corrected chi connectivity index (χ2v) is 8.48. The summed E-state index contributed by atoms with van der Waals surface area (Å²) in [5.74, 6) is -0.147. The third-order valence-electron chi connectivity index (χ3n) is 4.64. The molecule has 0 radical (unpaired) electrons. The third kappa shape index (κ3) is 6.80. The van der Waals surface area contributed by atoms with Crippen molar-refractivity contribution in [2.45, 2.75) is 45.8 Å². The fourth-order valence-corrected chi connectivity index (χ4v) is 3.14. The van der Waals surface area contributed by atoms with E-state index in [0.29, 0.717) is 23.7 Å². The van der Waals surface area contributed by atoms with Crippen LogP contribution in [-0.4, -0.2) is 41.3 Å². The predicted molar refractivity (Wildman–Crippen MR) is 125 cm³/mol. The number of nitrogens with zero attached hydrogens (tertiary/aromatic N) is 2. The van der Waals surface area contributed by atoms with Crippen LogP contribution in [0.15, 0.2) is 53.6 Å². The number of amides is 3. The minimum atomic E-state index is -0.661. The van der Waals surface area contributed by atoms with Crippen LogP contribution in [0.1, 0.15) is 39.2 Å². The van der Waals surface area contributed by atoms with Crippen LogP contribution in [0, 0.1) is 0 Å². The van der Waals surface area contributed by atoms with E-state index in [2.05, 4.69) is 15.7 Å². The topological polar surface area (TPSA) is 109 Å². The summed E-state index contributed by atoms with van der Waals surface area (Å²) < 4.78 is 10.6. The van der Waals surface area contributed by atoms with Gasteiger partial charge in [0.25, 0.3) is 5.91 Å². The number of hydrazone groups is 1. The number of nitrogens with one attached hydrogen (secondary N) is 2. The molecule has 0 aromatic heterocycles. The summed E-state index contributed by atoms with van der Waals surface area (Å²) >= 11 is 0. The summed E-state index contributed by atoms with van der Waals surface area (Å²) in [5.41, 5.74) is 1.29. The summed E-state index contributed by atoms with van der Waals surface area (Å²) in [4.78, 5) is 37.2. The fraction of sp³-hybridized carbons (Fsp3) is 0.333. The van der Waals surface area contributed by atoms with Gasteiger partial charge in [-0.1, -0.05) is 30.3 Å². The summed E-state index contributed by atoms with van der Waals surface area (Å²) in [6.45, 7) is 5.58. The first-order chi connectivity index (χ1) is 15.6. The Kier molecular flexibility index (Phi) is 7.32. The van der Waals surface area contributed by atoms with Crippen LogP contribution >= 0.6 is 0 Å². The molecular formula is C24H28N4O5. The van der Waals surface area contributed by atoms with Crippen LogP contribution < -0.4 is 15.4 Å². The van der Waals surface area contributed by atoms with Crippen molar-refractivity contribution < 1.29 is 23.9 Å². The first-order valence-electron chi connectivity index (χ1n) is 10.6. The van der Waals surface area contributed by atoms with Gasteiger partial charge < -0.3 is 14.8 Å². The molecule has 0 saturated heterocycles. The number of methoxy groups -OCH3 is 1. The van der Waals surface area contributed by atoms with E-state index in [4.69, 9.17) is 9.47 Å². The normalized spacial score (nSPS) is 13.8. The lowest BCUT2D eigenvalue weighted by Crippen LogP contribution is -2.36. The predicted octanol–water partition coefficient (Wildman–Crippen LogP) is 4.16. The van der Waals surface area contributed by atoms with Crippen LogP contribution in [0.4, 0.5) is 16.2 Å². The number of hydrogen-bond acceptors (Lipinski definition) is 6. The maximum absolute atomic E-state index is 12.8. The molecule has 3 rings (SSSR count). The Morgan fingerprint density at radius 1 is 1.06 bits per heavy atom. The van der Waals surface area contributed by atoms with Crippen LogP contribution in [0.25, 0.3) is 0 Å². The van der Waals surface area contributed by atoms with E-state index >= 15 is 0 Å². The Balaban J connectivity index is 1.73. The first-order valence-corrected chi connectivity index (χ1v) is 10.6. The molecule has 0 saturated carbocycles. The van der Waals surface area contributed by atoms with Crippen LogP contribution in [-0.2, 0) is 20.9 Å². The van der Waals surface area contributed by atoms with Crippen molar-refractivity contribution in [3.05, 3.63) is 54.1 Å². The Hall–Kier alpha value is -3.88.